The molecule has 0 unspecified atom stereocenters. The first-order chi connectivity index (χ1) is 9.81. The van der Waals surface area contributed by atoms with Crippen molar-refractivity contribution in [1.29, 1.82) is 0 Å². The highest BCUT2D eigenvalue weighted by Gasteiger charge is 1.98. The number of pyridine rings is 2. The fourth-order valence-corrected chi connectivity index (χ4v) is 2.14. The van der Waals surface area contributed by atoms with Gasteiger partial charge in [0.1, 0.15) is 0 Å². The second kappa shape index (κ2) is 5.80. The Balaban J connectivity index is 1.63. The Bertz CT molecular complexity index is 705. The molecule has 3 nitrogen and oxygen atoms in total. The lowest BCUT2D eigenvalue weighted by atomic mass is 10.2. The van der Waals surface area contributed by atoms with Crippen molar-refractivity contribution < 1.29 is 0 Å². The molecule has 0 fully saturated rings. The molecule has 0 amide bonds. The molecule has 100 valence electrons. The zero-order valence-electron chi connectivity index (χ0n) is 11.5. The molecule has 0 saturated heterocycles. The Hall–Kier alpha value is -2.26. The Kier molecular flexibility index (Phi) is 3.70. The van der Waals surface area contributed by atoms with Gasteiger partial charge in [0.2, 0.25) is 0 Å². The van der Waals surface area contributed by atoms with Crippen LogP contribution >= 0.6 is 0 Å². The number of hydrogen-bond donors (Lipinski definition) is 1. The van der Waals surface area contributed by atoms with E-state index in [2.05, 4.69) is 39.6 Å². The lowest BCUT2D eigenvalue weighted by Crippen LogP contribution is -2.13. The third-order valence-electron chi connectivity index (χ3n) is 3.26. The lowest BCUT2D eigenvalue weighted by molar-refractivity contribution is 0.679. The minimum absolute atomic E-state index is 0.763. The number of fused-ring (bicyclic) bond motifs is 1. The van der Waals surface area contributed by atoms with Crippen LogP contribution in [0.4, 0.5) is 0 Å². The first-order valence-corrected chi connectivity index (χ1v) is 6.78. The predicted molar refractivity (Wildman–Crippen MR) is 81.3 cm³/mol. The monoisotopic (exact) mass is 263 g/mol. The fraction of sp³-hybridized carbons (Fsp3) is 0.176. The maximum absolute atomic E-state index is 4.64. The van der Waals surface area contributed by atoms with Crippen LogP contribution in [-0.4, -0.2) is 9.97 Å². The van der Waals surface area contributed by atoms with Crippen molar-refractivity contribution in [2.75, 3.05) is 0 Å². The molecule has 0 bridgehead atoms. The van der Waals surface area contributed by atoms with Crippen molar-refractivity contribution in [3.8, 4) is 0 Å². The van der Waals surface area contributed by atoms with E-state index in [9.17, 15) is 0 Å². The summed E-state index contributed by atoms with van der Waals surface area (Å²) in [5.74, 6) is 0. The van der Waals surface area contributed by atoms with Gasteiger partial charge in [0.05, 0.1) is 11.2 Å². The van der Waals surface area contributed by atoms with E-state index in [0.29, 0.717) is 0 Å². The van der Waals surface area contributed by atoms with Gasteiger partial charge in [0, 0.05) is 30.4 Å². The van der Waals surface area contributed by atoms with Gasteiger partial charge in [-0.2, -0.15) is 0 Å². The molecule has 3 aromatic rings. The van der Waals surface area contributed by atoms with Crippen molar-refractivity contribution >= 4 is 10.9 Å². The summed E-state index contributed by atoms with van der Waals surface area (Å²) in [5, 5.41) is 4.58. The minimum Gasteiger partial charge on any atom is -0.307 e. The van der Waals surface area contributed by atoms with Gasteiger partial charge in [0.25, 0.3) is 0 Å². The molecule has 0 saturated carbocycles. The SMILES string of the molecule is Cc1ccc(CNCc2ccc3ccccc3n2)cn1. The molecular formula is C17H17N3. The quantitative estimate of drug-likeness (QED) is 0.785. The zero-order chi connectivity index (χ0) is 13.8. The molecule has 20 heavy (non-hydrogen) atoms. The Morgan fingerprint density at radius 2 is 1.85 bits per heavy atom. The normalized spacial score (nSPS) is 10.8. The number of benzene rings is 1. The first-order valence-electron chi connectivity index (χ1n) is 6.78. The number of nitrogens with zero attached hydrogens (tertiary/aromatic N) is 2. The van der Waals surface area contributed by atoms with Gasteiger partial charge < -0.3 is 5.32 Å². The van der Waals surface area contributed by atoms with Gasteiger partial charge in [-0.15, -0.1) is 0 Å². The standard InChI is InChI=1S/C17H17N3/c1-13-6-7-14(11-19-13)10-18-12-16-9-8-15-4-2-3-5-17(15)20-16/h2-9,11,18H,10,12H2,1H3. The van der Waals surface area contributed by atoms with E-state index in [1.807, 2.05) is 37.4 Å². The van der Waals surface area contributed by atoms with Crippen LogP contribution in [0.5, 0.6) is 0 Å². The summed E-state index contributed by atoms with van der Waals surface area (Å²) in [6.45, 7) is 3.57. The number of hydrogen-bond acceptors (Lipinski definition) is 3. The minimum atomic E-state index is 0.763. The first kappa shape index (κ1) is 12.8. The van der Waals surface area contributed by atoms with Crippen molar-refractivity contribution in [3.05, 3.63) is 71.7 Å². The number of para-hydroxylation sites is 1. The lowest BCUT2D eigenvalue weighted by Gasteiger charge is -2.06. The van der Waals surface area contributed by atoms with Crippen molar-refractivity contribution in [3.63, 3.8) is 0 Å². The maximum atomic E-state index is 4.64. The summed E-state index contributed by atoms with van der Waals surface area (Å²) in [7, 11) is 0. The highest BCUT2D eigenvalue weighted by molar-refractivity contribution is 5.78. The van der Waals surface area contributed by atoms with Crippen molar-refractivity contribution in [1.82, 2.24) is 15.3 Å². The molecule has 0 aliphatic heterocycles. The van der Waals surface area contributed by atoms with E-state index in [0.717, 1.165) is 30.0 Å². The molecule has 1 N–H and O–H groups in total. The summed E-state index contributed by atoms with van der Waals surface area (Å²) in [6, 6.07) is 16.5. The third-order valence-corrected chi connectivity index (χ3v) is 3.26. The van der Waals surface area contributed by atoms with E-state index in [4.69, 9.17) is 0 Å². The predicted octanol–water partition coefficient (Wildman–Crippen LogP) is 3.23. The van der Waals surface area contributed by atoms with E-state index in [1.165, 1.54) is 10.9 Å². The van der Waals surface area contributed by atoms with Crippen LogP contribution in [0.3, 0.4) is 0 Å². The number of aryl methyl sites for hydroxylation is 1. The van der Waals surface area contributed by atoms with Crippen LogP contribution in [0.15, 0.2) is 54.7 Å². The molecule has 0 spiro atoms. The average molecular weight is 263 g/mol. The van der Waals surface area contributed by atoms with Crippen LogP contribution in [0.1, 0.15) is 17.0 Å². The molecule has 0 aliphatic carbocycles. The number of aromatic nitrogens is 2. The third kappa shape index (κ3) is 3.00. The molecule has 0 aliphatic rings. The van der Waals surface area contributed by atoms with E-state index < -0.39 is 0 Å². The Morgan fingerprint density at radius 1 is 0.950 bits per heavy atom. The summed E-state index contributed by atoms with van der Waals surface area (Å²) in [6.07, 6.45) is 1.91. The van der Waals surface area contributed by atoms with Gasteiger partial charge in [-0.05, 0) is 30.7 Å². The van der Waals surface area contributed by atoms with E-state index in [-0.39, 0.29) is 0 Å². The average Bonchev–Trinajstić information content (AvgIpc) is 2.49. The molecule has 2 heterocycles. The number of nitrogens with one attached hydrogen (secondary N) is 1. The fourth-order valence-electron chi connectivity index (χ4n) is 2.14. The summed E-state index contributed by atoms with van der Waals surface area (Å²) in [5.41, 5.74) is 4.34. The molecule has 0 atom stereocenters. The largest absolute Gasteiger partial charge is 0.307 e. The van der Waals surface area contributed by atoms with Crippen LogP contribution in [0.2, 0.25) is 0 Å². The molecule has 3 heteroatoms. The van der Waals surface area contributed by atoms with Gasteiger partial charge in [-0.1, -0.05) is 30.3 Å². The highest BCUT2D eigenvalue weighted by Crippen LogP contribution is 2.11. The summed E-state index contributed by atoms with van der Waals surface area (Å²) < 4.78 is 0. The van der Waals surface area contributed by atoms with Crippen LogP contribution in [-0.2, 0) is 13.1 Å². The topological polar surface area (TPSA) is 37.8 Å². The summed E-state index contributed by atoms with van der Waals surface area (Å²) >= 11 is 0. The van der Waals surface area contributed by atoms with E-state index >= 15 is 0 Å². The smallest absolute Gasteiger partial charge is 0.0705 e. The Morgan fingerprint density at radius 3 is 2.70 bits per heavy atom. The highest BCUT2D eigenvalue weighted by atomic mass is 14.9. The van der Waals surface area contributed by atoms with Gasteiger partial charge >= 0.3 is 0 Å². The van der Waals surface area contributed by atoms with Gasteiger partial charge in [-0.3, -0.25) is 9.97 Å². The van der Waals surface area contributed by atoms with Crippen LogP contribution in [0.25, 0.3) is 10.9 Å². The van der Waals surface area contributed by atoms with E-state index in [1.54, 1.807) is 0 Å². The van der Waals surface area contributed by atoms with Gasteiger partial charge in [0.15, 0.2) is 0 Å². The van der Waals surface area contributed by atoms with Crippen LogP contribution in [0, 0.1) is 6.92 Å². The maximum Gasteiger partial charge on any atom is 0.0705 e. The van der Waals surface area contributed by atoms with Crippen molar-refractivity contribution in [2.24, 2.45) is 0 Å². The molecular weight excluding hydrogens is 246 g/mol. The second-order valence-electron chi connectivity index (χ2n) is 4.91. The molecule has 1 aromatic carbocycles. The molecule has 2 aromatic heterocycles. The molecule has 3 rings (SSSR count). The number of rotatable bonds is 4. The summed E-state index contributed by atoms with van der Waals surface area (Å²) in [4.78, 5) is 8.93. The molecule has 0 radical (unpaired) electrons. The zero-order valence-corrected chi connectivity index (χ0v) is 11.5. The Labute approximate surface area is 118 Å². The second-order valence-corrected chi connectivity index (χ2v) is 4.91. The van der Waals surface area contributed by atoms with Crippen molar-refractivity contribution in [2.45, 2.75) is 20.0 Å². The van der Waals surface area contributed by atoms with Crippen LogP contribution < -0.4 is 5.32 Å². The van der Waals surface area contributed by atoms with Gasteiger partial charge in [-0.25, -0.2) is 0 Å².